The van der Waals surface area contributed by atoms with Gasteiger partial charge in [0, 0.05) is 10.6 Å². The summed E-state index contributed by atoms with van der Waals surface area (Å²) in [6.07, 6.45) is -0.406. The van der Waals surface area contributed by atoms with E-state index in [1.807, 2.05) is 44.2 Å². The Hall–Kier alpha value is -3.03. The molecule has 0 bridgehead atoms. The normalized spacial score (nSPS) is 16.0. The highest BCUT2D eigenvalue weighted by molar-refractivity contribution is 7.92. The first-order chi connectivity index (χ1) is 15.7. The lowest BCUT2D eigenvalue weighted by molar-refractivity contribution is -0.129. The molecule has 1 aliphatic rings. The number of fused-ring (bicyclic) bond motifs is 1. The number of hydrogen-bond donors (Lipinski definition) is 1. The first-order valence-electron chi connectivity index (χ1n) is 10.6. The summed E-state index contributed by atoms with van der Waals surface area (Å²) in [5, 5.41) is 3.39. The Kier molecular flexibility index (Phi) is 6.36. The molecule has 0 fully saturated rings. The smallest absolute Gasteiger partial charge is 0.264 e. The van der Waals surface area contributed by atoms with E-state index in [0.717, 1.165) is 5.56 Å². The first kappa shape index (κ1) is 23.1. The third-order valence-corrected chi connectivity index (χ3v) is 7.39. The predicted octanol–water partition coefficient (Wildman–Crippen LogP) is 4.43. The van der Waals surface area contributed by atoms with Crippen LogP contribution >= 0.6 is 11.6 Å². The number of amides is 1. The molecule has 0 aromatic heterocycles. The highest BCUT2D eigenvalue weighted by atomic mass is 35.5. The number of nitrogens with zero attached hydrogens (tertiary/aromatic N) is 1. The Balaban J connectivity index is 1.61. The number of carbonyl (C=O) groups excluding carboxylic acids is 1. The van der Waals surface area contributed by atoms with Gasteiger partial charge in [-0.05, 0) is 56.2 Å². The molecule has 4 rings (SSSR count). The summed E-state index contributed by atoms with van der Waals surface area (Å²) in [6, 6.07) is 22.7. The zero-order chi connectivity index (χ0) is 23.6. The third kappa shape index (κ3) is 5.15. The summed E-state index contributed by atoms with van der Waals surface area (Å²) in [7, 11) is -3.94. The maximum Gasteiger partial charge on any atom is 0.264 e. The lowest BCUT2D eigenvalue weighted by Crippen LogP contribution is -2.55. The molecule has 172 valence electrons. The lowest BCUT2D eigenvalue weighted by atomic mass is 9.94. The minimum atomic E-state index is -3.94. The van der Waals surface area contributed by atoms with Gasteiger partial charge in [0.05, 0.1) is 17.1 Å². The largest absolute Gasteiger partial charge is 0.476 e. The van der Waals surface area contributed by atoms with Crippen LogP contribution in [0.2, 0.25) is 5.02 Å². The lowest BCUT2D eigenvalue weighted by Gasteiger charge is -2.36. The van der Waals surface area contributed by atoms with Crippen LogP contribution in [-0.2, 0) is 21.2 Å². The Bertz CT molecular complexity index is 1250. The van der Waals surface area contributed by atoms with Crippen LogP contribution in [0.1, 0.15) is 19.4 Å². The van der Waals surface area contributed by atoms with E-state index >= 15 is 0 Å². The van der Waals surface area contributed by atoms with Gasteiger partial charge in [-0.25, -0.2) is 8.42 Å². The number of halogens is 1. The highest BCUT2D eigenvalue weighted by Crippen LogP contribution is 2.39. The van der Waals surface area contributed by atoms with E-state index in [0.29, 0.717) is 17.1 Å². The molecule has 8 heteroatoms. The van der Waals surface area contributed by atoms with Crippen LogP contribution in [0.4, 0.5) is 5.69 Å². The molecule has 3 aromatic carbocycles. The molecule has 0 aliphatic carbocycles. The fourth-order valence-electron chi connectivity index (χ4n) is 3.87. The molecule has 33 heavy (non-hydrogen) atoms. The number of carbonyl (C=O) groups is 1. The van der Waals surface area contributed by atoms with Gasteiger partial charge in [0.1, 0.15) is 5.75 Å². The summed E-state index contributed by atoms with van der Waals surface area (Å²) in [5.74, 6) is -0.101. The van der Waals surface area contributed by atoms with Gasteiger partial charge in [0.25, 0.3) is 15.9 Å². The van der Waals surface area contributed by atoms with Gasteiger partial charge in [-0.2, -0.15) is 0 Å². The van der Waals surface area contributed by atoms with Crippen molar-refractivity contribution in [1.29, 1.82) is 0 Å². The number of nitrogens with one attached hydrogen (secondary N) is 1. The standard InChI is InChI=1S/C25H25ClN2O4S/c1-25(2,16-18-9-5-3-6-10-18)27-24(29)23-17-28(21-15-19(26)13-14-22(21)32-23)33(30,31)20-11-7-4-8-12-20/h3-15,23H,16-17H2,1-2H3,(H,27,29)/t23-/m1/s1. The molecule has 0 unspecified atom stereocenters. The Morgan fingerprint density at radius 3 is 2.36 bits per heavy atom. The van der Waals surface area contributed by atoms with E-state index in [-0.39, 0.29) is 23.1 Å². The molecule has 0 saturated heterocycles. The molecule has 0 spiro atoms. The summed E-state index contributed by atoms with van der Waals surface area (Å²) in [4.78, 5) is 13.3. The second-order valence-corrected chi connectivity index (χ2v) is 10.9. The van der Waals surface area contributed by atoms with Crippen LogP contribution in [0.25, 0.3) is 0 Å². The van der Waals surface area contributed by atoms with E-state index in [1.54, 1.807) is 30.3 Å². The van der Waals surface area contributed by atoms with Gasteiger partial charge in [0.15, 0.2) is 6.10 Å². The van der Waals surface area contributed by atoms with Gasteiger partial charge in [0.2, 0.25) is 0 Å². The summed E-state index contributed by atoms with van der Waals surface area (Å²) in [5.41, 5.74) is 0.824. The van der Waals surface area contributed by atoms with Crippen LogP contribution < -0.4 is 14.4 Å². The zero-order valence-corrected chi connectivity index (χ0v) is 19.9. The van der Waals surface area contributed by atoms with Gasteiger partial charge in [-0.3, -0.25) is 9.10 Å². The molecule has 1 amide bonds. The zero-order valence-electron chi connectivity index (χ0n) is 18.4. The average Bonchev–Trinajstić information content (AvgIpc) is 2.79. The molecule has 1 N–H and O–H groups in total. The molecular weight excluding hydrogens is 460 g/mol. The van der Waals surface area contributed by atoms with Crippen molar-refractivity contribution >= 4 is 33.2 Å². The second-order valence-electron chi connectivity index (χ2n) is 8.60. The van der Waals surface area contributed by atoms with E-state index in [9.17, 15) is 13.2 Å². The van der Waals surface area contributed by atoms with Crippen molar-refractivity contribution in [3.8, 4) is 5.75 Å². The summed E-state index contributed by atoms with van der Waals surface area (Å²) >= 11 is 6.14. The van der Waals surface area contributed by atoms with E-state index in [2.05, 4.69) is 5.32 Å². The highest BCUT2D eigenvalue weighted by Gasteiger charge is 2.39. The van der Waals surface area contributed by atoms with Crippen molar-refractivity contribution in [2.24, 2.45) is 0 Å². The van der Waals surface area contributed by atoms with Crippen LogP contribution in [0.3, 0.4) is 0 Å². The van der Waals surface area contributed by atoms with E-state index < -0.39 is 21.7 Å². The minimum absolute atomic E-state index is 0.126. The van der Waals surface area contributed by atoms with Gasteiger partial charge >= 0.3 is 0 Å². The van der Waals surface area contributed by atoms with Crippen LogP contribution in [0.15, 0.2) is 83.8 Å². The van der Waals surface area contributed by atoms with Crippen molar-refractivity contribution in [2.45, 2.75) is 36.8 Å². The van der Waals surface area contributed by atoms with Crippen molar-refractivity contribution < 1.29 is 17.9 Å². The Labute approximate surface area is 199 Å². The monoisotopic (exact) mass is 484 g/mol. The molecule has 6 nitrogen and oxygen atoms in total. The molecule has 0 radical (unpaired) electrons. The average molecular weight is 485 g/mol. The summed E-state index contributed by atoms with van der Waals surface area (Å²) < 4.78 is 34.0. The van der Waals surface area contributed by atoms with Crippen molar-refractivity contribution in [3.05, 3.63) is 89.4 Å². The molecule has 3 aromatic rings. The fraction of sp³-hybridized carbons (Fsp3) is 0.240. The fourth-order valence-corrected chi connectivity index (χ4v) is 5.53. The topological polar surface area (TPSA) is 75.7 Å². The minimum Gasteiger partial charge on any atom is -0.476 e. The van der Waals surface area contributed by atoms with Gasteiger partial charge in [-0.1, -0.05) is 60.1 Å². The quantitative estimate of drug-likeness (QED) is 0.561. The first-order valence-corrected chi connectivity index (χ1v) is 12.4. The van der Waals surface area contributed by atoms with E-state index in [1.165, 1.54) is 22.5 Å². The van der Waals surface area contributed by atoms with Crippen molar-refractivity contribution in [2.75, 3.05) is 10.8 Å². The van der Waals surface area contributed by atoms with Gasteiger partial charge in [-0.15, -0.1) is 0 Å². The number of rotatable bonds is 6. The molecule has 1 atom stereocenters. The Morgan fingerprint density at radius 1 is 1.06 bits per heavy atom. The van der Waals surface area contributed by atoms with Crippen LogP contribution in [0.5, 0.6) is 5.75 Å². The maximum absolute atomic E-state index is 13.5. The molecule has 1 heterocycles. The van der Waals surface area contributed by atoms with Gasteiger partial charge < -0.3 is 10.1 Å². The molecule has 1 aliphatic heterocycles. The van der Waals surface area contributed by atoms with Crippen LogP contribution in [0, 0.1) is 0 Å². The van der Waals surface area contributed by atoms with Crippen molar-refractivity contribution in [3.63, 3.8) is 0 Å². The van der Waals surface area contributed by atoms with E-state index in [4.69, 9.17) is 16.3 Å². The number of benzene rings is 3. The molecule has 0 saturated carbocycles. The second kappa shape index (κ2) is 9.08. The number of ether oxygens (including phenoxy) is 1. The van der Waals surface area contributed by atoms with Crippen LogP contribution in [-0.4, -0.2) is 32.5 Å². The Morgan fingerprint density at radius 2 is 1.70 bits per heavy atom. The molecular formula is C25H25ClN2O4S. The number of anilines is 1. The number of sulfonamides is 1. The predicted molar refractivity (Wildman–Crippen MR) is 129 cm³/mol. The maximum atomic E-state index is 13.5. The number of hydrogen-bond acceptors (Lipinski definition) is 4. The summed E-state index contributed by atoms with van der Waals surface area (Å²) in [6.45, 7) is 3.68. The third-order valence-electron chi connectivity index (χ3n) is 5.36. The SMILES string of the molecule is CC(C)(Cc1ccccc1)NC(=O)[C@H]1CN(S(=O)(=O)c2ccccc2)c2cc(Cl)ccc2O1. The van der Waals surface area contributed by atoms with Crippen molar-refractivity contribution in [1.82, 2.24) is 5.32 Å².